The Kier molecular flexibility index (Phi) is 5.37. The van der Waals surface area contributed by atoms with Crippen molar-refractivity contribution >= 4 is 0 Å². The van der Waals surface area contributed by atoms with Gasteiger partial charge in [-0.3, -0.25) is 0 Å². The predicted molar refractivity (Wildman–Crippen MR) is 66.1 cm³/mol. The van der Waals surface area contributed by atoms with Crippen LogP contribution in [0.1, 0.15) is 17.5 Å². The van der Waals surface area contributed by atoms with Crippen LogP contribution in [0, 0.1) is 6.92 Å². The lowest BCUT2D eigenvalue weighted by Gasteiger charge is -2.14. The second kappa shape index (κ2) is 6.59. The first-order valence-electron chi connectivity index (χ1n) is 5.66. The molecular formula is C13H22N2. The highest BCUT2D eigenvalue weighted by Gasteiger charge is 1.97. The first kappa shape index (κ1) is 12.2. The maximum atomic E-state index is 5.49. The van der Waals surface area contributed by atoms with Gasteiger partial charge in [-0.05, 0) is 38.9 Å². The van der Waals surface area contributed by atoms with Gasteiger partial charge in [0.1, 0.15) is 0 Å². The minimum absolute atomic E-state index is 0.751. The van der Waals surface area contributed by atoms with Gasteiger partial charge in [0, 0.05) is 13.1 Å². The van der Waals surface area contributed by atoms with E-state index in [2.05, 4.69) is 43.1 Å². The van der Waals surface area contributed by atoms with Crippen molar-refractivity contribution in [1.29, 1.82) is 0 Å². The summed E-state index contributed by atoms with van der Waals surface area (Å²) < 4.78 is 0. The molecule has 0 aliphatic rings. The van der Waals surface area contributed by atoms with Crippen LogP contribution >= 0.6 is 0 Å². The molecule has 0 fully saturated rings. The molecule has 0 aliphatic carbocycles. The fourth-order valence-corrected chi connectivity index (χ4v) is 1.75. The summed E-state index contributed by atoms with van der Waals surface area (Å²) in [5.74, 6) is 0. The molecule has 84 valence electrons. The van der Waals surface area contributed by atoms with Crippen molar-refractivity contribution in [2.75, 3.05) is 26.7 Å². The van der Waals surface area contributed by atoms with E-state index in [-0.39, 0.29) is 0 Å². The molecule has 0 saturated heterocycles. The van der Waals surface area contributed by atoms with Gasteiger partial charge in [0.15, 0.2) is 0 Å². The Bertz CT molecular complexity index is 284. The van der Waals surface area contributed by atoms with Crippen molar-refractivity contribution in [1.82, 2.24) is 4.90 Å². The van der Waals surface area contributed by atoms with Gasteiger partial charge >= 0.3 is 0 Å². The average molecular weight is 206 g/mol. The summed E-state index contributed by atoms with van der Waals surface area (Å²) in [5.41, 5.74) is 8.28. The molecule has 15 heavy (non-hydrogen) atoms. The van der Waals surface area contributed by atoms with E-state index in [0.717, 1.165) is 26.1 Å². The minimum Gasteiger partial charge on any atom is -0.329 e. The zero-order chi connectivity index (χ0) is 11.1. The van der Waals surface area contributed by atoms with Gasteiger partial charge in [-0.2, -0.15) is 0 Å². The monoisotopic (exact) mass is 206 g/mol. The van der Waals surface area contributed by atoms with E-state index in [9.17, 15) is 0 Å². The van der Waals surface area contributed by atoms with Gasteiger partial charge in [0.2, 0.25) is 0 Å². The van der Waals surface area contributed by atoms with Crippen LogP contribution < -0.4 is 5.73 Å². The number of nitrogens with zero attached hydrogens (tertiary/aromatic N) is 1. The van der Waals surface area contributed by atoms with Crippen LogP contribution in [0.4, 0.5) is 0 Å². The molecule has 1 rings (SSSR count). The van der Waals surface area contributed by atoms with E-state index >= 15 is 0 Å². The Hall–Kier alpha value is -0.860. The van der Waals surface area contributed by atoms with E-state index in [1.54, 1.807) is 0 Å². The summed E-state index contributed by atoms with van der Waals surface area (Å²) in [6, 6.07) is 8.75. The summed E-state index contributed by atoms with van der Waals surface area (Å²) in [5, 5.41) is 0. The zero-order valence-corrected chi connectivity index (χ0v) is 9.87. The standard InChI is InChI=1S/C13H22N2/c1-12-5-3-6-13(11-12)7-4-9-15(2)10-8-14/h3,5-6,11H,4,7-10,14H2,1-2H3. The van der Waals surface area contributed by atoms with Gasteiger partial charge in [0.25, 0.3) is 0 Å². The third kappa shape index (κ3) is 4.96. The molecule has 0 spiro atoms. The Morgan fingerprint density at radius 1 is 1.27 bits per heavy atom. The number of aryl methyl sites for hydroxylation is 2. The SMILES string of the molecule is Cc1cccc(CCCN(C)CCN)c1. The van der Waals surface area contributed by atoms with Gasteiger partial charge < -0.3 is 10.6 Å². The largest absolute Gasteiger partial charge is 0.329 e. The second-order valence-corrected chi connectivity index (χ2v) is 4.18. The van der Waals surface area contributed by atoms with Crippen LogP contribution in [0.25, 0.3) is 0 Å². The smallest absolute Gasteiger partial charge is 0.0102 e. The van der Waals surface area contributed by atoms with E-state index in [0.29, 0.717) is 0 Å². The molecule has 0 radical (unpaired) electrons. The van der Waals surface area contributed by atoms with E-state index in [4.69, 9.17) is 5.73 Å². The lowest BCUT2D eigenvalue weighted by atomic mass is 10.1. The van der Waals surface area contributed by atoms with Gasteiger partial charge in [-0.25, -0.2) is 0 Å². The molecule has 1 aromatic rings. The quantitative estimate of drug-likeness (QED) is 0.769. The Morgan fingerprint density at radius 3 is 2.73 bits per heavy atom. The van der Waals surface area contributed by atoms with Crippen molar-refractivity contribution in [3.63, 3.8) is 0 Å². The fourth-order valence-electron chi connectivity index (χ4n) is 1.75. The molecule has 0 unspecified atom stereocenters. The van der Waals surface area contributed by atoms with Crippen molar-refractivity contribution in [3.8, 4) is 0 Å². The van der Waals surface area contributed by atoms with Crippen molar-refractivity contribution in [3.05, 3.63) is 35.4 Å². The number of benzene rings is 1. The molecule has 1 aromatic carbocycles. The van der Waals surface area contributed by atoms with E-state index < -0.39 is 0 Å². The van der Waals surface area contributed by atoms with Crippen LogP contribution in [-0.4, -0.2) is 31.6 Å². The molecule has 0 atom stereocenters. The van der Waals surface area contributed by atoms with E-state index in [1.807, 2.05) is 0 Å². The highest BCUT2D eigenvalue weighted by atomic mass is 15.1. The summed E-state index contributed by atoms with van der Waals surface area (Å²) in [6.45, 7) is 5.02. The maximum Gasteiger partial charge on any atom is 0.0102 e. The second-order valence-electron chi connectivity index (χ2n) is 4.18. The molecule has 0 heterocycles. The van der Waals surface area contributed by atoms with Crippen LogP contribution in [0.3, 0.4) is 0 Å². The lowest BCUT2D eigenvalue weighted by Crippen LogP contribution is -2.26. The molecule has 0 aliphatic heterocycles. The summed E-state index contributed by atoms with van der Waals surface area (Å²) in [7, 11) is 2.13. The van der Waals surface area contributed by atoms with Crippen LogP contribution in [-0.2, 0) is 6.42 Å². The lowest BCUT2D eigenvalue weighted by molar-refractivity contribution is 0.338. The highest BCUT2D eigenvalue weighted by Crippen LogP contribution is 2.06. The molecule has 0 aromatic heterocycles. The summed E-state index contributed by atoms with van der Waals surface area (Å²) in [4.78, 5) is 2.29. The van der Waals surface area contributed by atoms with E-state index in [1.165, 1.54) is 17.5 Å². The molecule has 2 nitrogen and oxygen atoms in total. The molecule has 2 N–H and O–H groups in total. The topological polar surface area (TPSA) is 29.3 Å². The average Bonchev–Trinajstić information content (AvgIpc) is 2.18. The normalized spacial score (nSPS) is 10.9. The number of likely N-dealkylation sites (N-methyl/N-ethyl adjacent to an activating group) is 1. The number of hydrogen-bond donors (Lipinski definition) is 1. The Labute approximate surface area is 93.1 Å². The molecular weight excluding hydrogens is 184 g/mol. The summed E-state index contributed by atoms with van der Waals surface area (Å²) >= 11 is 0. The maximum absolute atomic E-state index is 5.49. The first-order valence-corrected chi connectivity index (χ1v) is 5.66. The molecule has 2 heteroatoms. The van der Waals surface area contributed by atoms with Gasteiger partial charge in [0.05, 0.1) is 0 Å². The first-order chi connectivity index (χ1) is 7.22. The minimum atomic E-state index is 0.751. The number of hydrogen-bond acceptors (Lipinski definition) is 2. The Morgan fingerprint density at radius 2 is 2.07 bits per heavy atom. The van der Waals surface area contributed by atoms with Crippen molar-refractivity contribution in [2.24, 2.45) is 5.73 Å². The molecule has 0 amide bonds. The van der Waals surface area contributed by atoms with Crippen LogP contribution in [0.2, 0.25) is 0 Å². The highest BCUT2D eigenvalue weighted by molar-refractivity contribution is 5.22. The third-order valence-corrected chi connectivity index (χ3v) is 2.60. The molecule has 0 saturated carbocycles. The van der Waals surface area contributed by atoms with Crippen LogP contribution in [0.5, 0.6) is 0 Å². The number of rotatable bonds is 6. The molecule has 0 bridgehead atoms. The van der Waals surface area contributed by atoms with Gasteiger partial charge in [-0.15, -0.1) is 0 Å². The van der Waals surface area contributed by atoms with Crippen LogP contribution in [0.15, 0.2) is 24.3 Å². The van der Waals surface area contributed by atoms with Gasteiger partial charge in [-0.1, -0.05) is 29.8 Å². The van der Waals surface area contributed by atoms with Crippen molar-refractivity contribution in [2.45, 2.75) is 19.8 Å². The third-order valence-electron chi connectivity index (χ3n) is 2.60. The number of nitrogens with two attached hydrogens (primary N) is 1. The Balaban J connectivity index is 2.25. The zero-order valence-electron chi connectivity index (χ0n) is 9.87. The fraction of sp³-hybridized carbons (Fsp3) is 0.538. The summed E-state index contributed by atoms with van der Waals surface area (Å²) in [6.07, 6.45) is 2.37. The van der Waals surface area contributed by atoms with Crippen molar-refractivity contribution < 1.29 is 0 Å². The predicted octanol–water partition coefficient (Wildman–Crippen LogP) is 1.82.